The van der Waals surface area contributed by atoms with Crippen molar-refractivity contribution in [1.29, 1.82) is 0 Å². The number of aliphatic hydroxyl groups excluding tert-OH is 1. The maximum absolute atomic E-state index is 8.91. The number of hydrogen-bond acceptors (Lipinski definition) is 2. The minimum absolute atomic E-state index is 0.0000432. The van der Waals surface area contributed by atoms with Gasteiger partial charge in [-0.15, -0.1) is 0 Å². The van der Waals surface area contributed by atoms with E-state index in [0.29, 0.717) is 0 Å². The van der Waals surface area contributed by atoms with Crippen molar-refractivity contribution in [2.24, 2.45) is 0 Å². The number of aromatic nitrogens is 2. The SMILES string of the molecule is CCc1ccc(-c2cc(CO)[nH]n2)cc1. The Kier molecular flexibility index (Phi) is 2.83. The van der Waals surface area contributed by atoms with E-state index in [0.717, 1.165) is 23.4 Å². The number of H-pyrrole nitrogens is 1. The molecule has 1 heterocycles. The maximum Gasteiger partial charge on any atom is 0.0924 e. The Labute approximate surface area is 88.8 Å². The zero-order valence-electron chi connectivity index (χ0n) is 8.70. The maximum atomic E-state index is 8.91. The first kappa shape index (κ1) is 9.93. The van der Waals surface area contributed by atoms with Gasteiger partial charge >= 0.3 is 0 Å². The topological polar surface area (TPSA) is 48.9 Å². The molecule has 15 heavy (non-hydrogen) atoms. The molecule has 3 heteroatoms. The zero-order valence-corrected chi connectivity index (χ0v) is 8.70. The standard InChI is InChI=1S/C12H14N2O/c1-2-9-3-5-10(6-4-9)12-7-11(8-15)13-14-12/h3-7,15H,2,8H2,1H3,(H,13,14). The second-order valence-corrected chi connectivity index (χ2v) is 3.49. The molecule has 1 aromatic carbocycles. The Balaban J connectivity index is 2.28. The predicted octanol–water partition coefficient (Wildman–Crippen LogP) is 2.13. The summed E-state index contributed by atoms with van der Waals surface area (Å²) in [5, 5.41) is 15.8. The number of rotatable bonds is 3. The first-order chi connectivity index (χ1) is 7.33. The van der Waals surface area contributed by atoms with E-state index in [-0.39, 0.29) is 6.61 Å². The summed E-state index contributed by atoms with van der Waals surface area (Å²) in [7, 11) is 0. The molecule has 0 amide bonds. The van der Waals surface area contributed by atoms with Crippen LogP contribution in [0.4, 0.5) is 0 Å². The normalized spacial score (nSPS) is 10.5. The van der Waals surface area contributed by atoms with Crippen LogP contribution in [0.1, 0.15) is 18.2 Å². The molecule has 2 aromatic rings. The number of nitrogens with one attached hydrogen (secondary N) is 1. The van der Waals surface area contributed by atoms with E-state index in [4.69, 9.17) is 5.11 Å². The molecule has 0 saturated carbocycles. The van der Waals surface area contributed by atoms with Gasteiger partial charge in [-0.25, -0.2) is 0 Å². The lowest BCUT2D eigenvalue weighted by Crippen LogP contribution is -1.81. The average molecular weight is 202 g/mol. The highest BCUT2D eigenvalue weighted by molar-refractivity contribution is 5.59. The van der Waals surface area contributed by atoms with Gasteiger partial charge in [0.1, 0.15) is 0 Å². The van der Waals surface area contributed by atoms with Crippen molar-refractivity contribution < 1.29 is 5.11 Å². The lowest BCUT2D eigenvalue weighted by molar-refractivity contribution is 0.276. The summed E-state index contributed by atoms with van der Waals surface area (Å²) in [4.78, 5) is 0. The molecule has 0 spiro atoms. The number of hydrogen-bond donors (Lipinski definition) is 2. The van der Waals surface area contributed by atoms with E-state index in [1.165, 1.54) is 5.56 Å². The highest BCUT2D eigenvalue weighted by atomic mass is 16.3. The molecule has 3 nitrogen and oxygen atoms in total. The third-order valence-electron chi connectivity index (χ3n) is 2.46. The molecular weight excluding hydrogens is 188 g/mol. The lowest BCUT2D eigenvalue weighted by Gasteiger charge is -1.98. The number of aromatic amines is 1. The molecule has 0 aliphatic heterocycles. The number of benzene rings is 1. The molecule has 0 atom stereocenters. The summed E-state index contributed by atoms with van der Waals surface area (Å²) in [6.07, 6.45) is 1.04. The predicted molar refractivity (Wildman–Crippen MR) is 59.3 cm³/mol. The number of aliphatic hydroxyl groups is 1. The van der Waals surface area contributed by atoms with Crippen LogP contribution in [-0.2, 0) is 13.0 Å². The van der Waals surface area contributed by atoms with Gasteiger partial charge in [-0.1, -0.05) is 31.2 Å². The average Bonchev–Trinajstić information content (AvgIpc) is 2.78. The molecular formula is C12H14N2O. The van der Waals surface area contributed by atoms with Crippen LogP contribution < -0.4 is 0 Å². The van der Waals surface area contributed by atoms with Gasteiger partial charge in [0.25, 0.3) is 0 Å². The molecule has 0 unspecified atom stereocenters. The van der Waals surface area contributed by atoms with Crippen molar-refractivity contribution in [3.8, 4) is 11.3 Å². The largest absolute Gasteiger partial charge is 0.390 e. The molecule has 0 aliphatic carbocycles. The molecule has 78 valence electrons. The lowest BCUT2D eigenvalue weighted by atomic mass is 10.1. The van der Waals surface area contributed by atoms with E-state index in [2.05, 4.69) is 41.4 Å². The molecule has 0 aliphatic rings. The van der Waals surface area contributed by atoms with Crippen molar-refractivity contribution in [2.75, 3.05) is 0 Å². The van der Waals surface area contributed by atoms with E-state index in [9.17, 15) is 0 Å². The smallest absolute Gasteiger partial charge is 0.0924 e. The van der Waals surface area contributed by atoms with Crippen LogP contribution in [0, 0.1) is 0 Å². The van der Waals surface area contributed by atoms with Gasteiger partial charge in [-0.2, -0.15) is 5.10 Å². The van der Waals surface area contributed by atoms with Crippen LogP contribution in [0.25, 0.3) is 11.3 Å². The number of nitrogens with zero attached hydrogens (tertiary/aromatic N) is 1. The van der Waals surface area contributed by atoms with Crippen molar-refractivity contribution in [2.45, 2.75) is 20.0 Å². The van der Waals surface area contributed by atoms with Gasteiger partial charge in [-0.3, -0.25) is 5.10 Å². The minimum atomic E-state index is 0.0000432. The van der Waals surface area contributed by atoms with Gasteiger partial charge in [0.2, 0.25) is 0 Å². The Morgan fingerprint density at radius 1 is 1.27 bits per heavy atom. The van der Waals surface area contributed by atoms with Crippen molar-refractivity contribution >= 4 is 0 Å². The first-order valence-corrected chi connectivity index (χ1v) is 5.08. The first-order valence-electron chi connectivity index (χ1n) is 5.08. The van der Waals surface area contributed by atoms with Crippen LogP contribution in [0.5, 0.6) is 0 Å². The molecule has 0 fully saturated rings. The highest BCUT2D eigenvalue weighted by Gasteiger charge is 2.02. The minimum Gasteiger partial charge on any atom is -0.390 e. The van der Waals surface area contributed by atoms with Crippen molar-refractivity contribution in [3.05, 3.63) is 41.6 Å². The van der Waals surface area contributed by atoms with Gasteiger partial charge < -0.3 is 5.11 Å². The van der Waals surface area contributed by atoms with Crippen molar-refractivity contribution in [3.63, 3.8) is 0 Å². The molecule has 2 N–H and O–H groups in total. The van der Waals surface area contributed by atoms with E-state index in [1.54, 1.807) is 0 Å². The molecule has 2 rings (SSSR count). The molecule has 0 saturated heterocycles. The Morgan fingerprint density at radius 2 is 2.00 bits per heavy atom. The van der Waals surface area contributed by atoms with Gasteiger partial charge in [-0.05, 0) is 18.1 Å². The van der Waals surface area contributed by atoms with Crippen LogP contribution in [-0.4, -0.2) is 15.3 Å². The highest BCUT2D eigenvalue weighted by Crippen LogP contribution is 2.18. The van der Waals surface area contributed by atoms with Gasteiger partial charge in [0.05, 0.1) is 18.0 Å². The summed E-state index contributed by atoms with van der Waals surface area (Å²) in [5.74, 6) is 0. The van der Waals surface area contributed by atoms with Crippen LogP contribution in [0.15, 0.2) is 30.3 Å². The van der Waals surface area contributed by atoms with Crippen LogP contribution in [0.2, 0.25) is 0 Å². The van der Waals surface area contributed by atoms with Crippen molar-refractivity contribution in [1.82, 2.24) is 10.2 Å². The summed E-state index contributed by atoms with van der Waals surface area (Å²) in [6, 6.07) is 10.2. The Bertz CT molecular complexity index is 431. The summed E-state index contributed by atoms with van der Waals surface area (Å²) in [6.45, 7) is 2.13. The third-order valence-corrected chi connectivity index (χ3v) is 2.46. The fourth-order valence-corrected chi connectivity index (χ4v) is 1.50. The van der Waals surface area contributed by atoms with Crippen LogP contribution >= 0.6 is 0 Å². The van der Waals surface area contributed by atoms with Gasteiger partial charge in [0, 0.05) is 5.56 Å². The summed E-state index contributed by atoms with van der Waals surface area (Å²) < 4.78 is 0. The quantitative estimate of drug-likeness (QED) is 0.801. The second-order valence-electron chi connectivity index (χ2n) is 3.49. The van der Waals surface area contributed by atoms with E-state index < -0.39 is 0 Å². The van der Waals surface area contributed by atoms with E-state index in [1.807, 2.05) is 6.07 Å². The Morgan fingerprint density at radius 3 is 2.53 bits per heavy atom. The summed E-state index contributed by atoms with van der Waals surface area (Å²) >= 11 is 0. The monoisotopic (exact) mass is 202 g/mol. The fourth-order valence-electron chi connectivity index (χ4n) is 1.50. The third kappa shape index (κ3) is 2.07. The molecule has 1 aromatic heterocycles. The van der Waals surface area contributed by atoms with E-state index >= 15 is 0 Å². The fraction of sp³-hybridized carbons (Fsp3) is 0.250. The van der Waals surface area contributed by atoms with Crippen LogP contribution in [0.3, 0.4) is 0 Å². The van der Waals surface area contributed by atoms with Gasteiger partial charge in [0.15, 0.2) is 0 Å². The molecule has 0 bridgehead atoms. The summed E-state index contributed by atoms with van der Waals surface area (Å²) in [5.41, 5.74) is 4.01. The molecule has 0 radical (unpaired) electrons. The second kappa shape index (κ2) is 4.28. The number of aryl methyl sites for hydroxylation is 1. The Hall–Kier alpha value is -1.61. The zero-order chi connectivity index (χ0) is 10.7.